The van der Waals surface area contributed by atoms with E-state index in [1.165, 1.54) is 5.57 Å². The van der Waals surface area contributed by atoms with Gasteiger partial charge in [0.05, 0.1) is 11.7 Å². The molecule has 2 aliphatic rings. The number of amidine groups is 1. The lowest BCUT2D eigenvalue weighted by molar-refractivity contribution is 0.539. The highest BCUT2D eigenvalue weighted by Crippen LogP contribution is 2.33. The summed E-state index contributed by atoms with van der Waals surface area (Å²) in [6.45, 7) is 3.00. The molecule has 3 N–H and O–H groups in total. The lowest BCUT2D eigenvalue weighted by Gasteiger charge is -2.33. The number of rotatable bonds is 4. The van der Waals surface area contributed by atoms with E-state index in [-0.39, 0.29) is 5.54 Å². The molecule has 0 radical (unpaired) electrons. The van der Waals surface area contributed by atoms with Crippen molar-refractivity contribution in [3.63, 3.8) is 0 Å². The second kappa shape index (κ2) is 6.40. The molecule has 0 fully saturated rings. The number of nitrogens with two attached hydrogens (primary N) is 1. The van der Waals surface area contributed by atoms with Crippen molar-refractivity contribution in [3.05, 3.63) is 36.2 Å². The lowest BCUT2D eigenvalue weighted by Crippen LogP contribution is -2.48. The third-order valence-electron chi connectivity index (χ3n) is 4.19. The minimum absolute atomic E-state index is 0.300. The zero-order valence-electron chi connectivity index (χ0n) is 13.8. The second-order valence-electron chi connectivity index (χ2n) is 6.18. The van der Waals surface area contributed by atoms with E-state index in [4.69, 9.17) is 5.73 Å². The minimum Gasteiger partial charge on any atom is -0.370 e. The number of unbranched alkanes of at least 4 members (excludes halogenated alkanes) is 1. The van der Waals surface area contributed by atoms with Crippen LogP contribution in [-0.4, -0.2) is 33.7 Å². The molecule has 6 nitrogen and oxygen atoms in total. The molecule has 0 amide bonds. The van der Waals surface area contributed by atoms with Crippen LogP contribution in [0.2, 0.25) is 0 Å². The van der Waals surface area contributed by atoms with Crippen LogP contribution in [0.1, 0.15) is 38.2 Å². The highest BCUT2D eigenvalue weighted by Gasteiger charge is 2.33. The summed E-state index contributed by atoms with van der Waals surface area (Å²) in [5.41, 5.74) is 7.98. The third-order valence-corrected chi connectivity index (χ3v) is 4.19. The van der Waals surface area contributed by atoms with E-state index in [2.05, 4.69) is 45.6 Å². The van der Waals surface area contributed by atoms with E-state index in [1.807, 2.05) is 24.1 Å². The Kier molecular flexibility index (Phi) is 4.32. The lowest BCUT2D eigenvalue weighted by atomic mass is 9.84. The van der Waals surface area contributed by atoms with Crippen molar-refractivity contribution in [2.24, 2.45) is 22.8 Å². The Balaban J connectivity index is 1.76. The van der Waals surface area contributed by atoms with Gasteiger partial charge in [-0.1, -0.05) is 31.6 Å². The molecule has 2 heterocycles. The quantitative estimate of drug-likeness (QED) is 0.835. The molecule has 0 bridgehead atoms. The van der Waals surface area contributed by atoms with Crippen LogP contribution in [0.4, 0.5) is 0 Å². The smallest absolute Gasteiger partial charge is 0.194 e. The maximum atomic E-state index is 5.97. The second-order valence-corrected chi connectivity index (χ2v) is 6.18. The van der Waals surface area contributed by atoms with E-state index in [1.54, 1.807) is 0 Å². The molecule has 1 spiro atoms. The molecule has 122 valence electrons. The van der Waals surface area contributed by atoms with Gasteiger partial charge >= 0.3 is 0 Å². The molecule has 1 aromatic heterocycles. The molecule has 6 heteroatoms. The summed E-state index contributed by atoms with van der Waals surface area (Å²) in [5.74, 6) is 1.39. The van der Waals surface area contributed by atoms with Crippen molar-refractivity contribution < 1.29 is 0 Å². The first-order chi connectivity index (χ1) is 11.1. The van der Waals surface area contributed by atoms with Gasteiger partial charge in [-0.25, -0.2) is 4.99 Å². The summed E-state index contributed by atoms with van der Waals surface area (Å²) in [5, 5.41) is 7.33. The van der Waals surface area contributed by atoms with Gasteiger partial charge in [0.25, 0.3) is 0 Å². The summed E-state index contributed by atoms with van der Waals surface area (Å²) in [4.78, 5) is 9.27. The first-order valence-corrected chi connectivity index (χ1v) is 8.14. The van der Waals surface area contributed by atoms with Gasteiger partial charge in [-0.2, -0.15) is 5.10 Å². The standard InChI is InChI=1S/C17H24N6/c1-3-4-9-19-15-10-17(22-16(18)21-15)7-5-13(6-8-17)14-11-20-23(2)12-14/h5-7,11-12H,3-4,8-10H2,1-2H3,(H3,18,19,21,22). The first kappa shape index (κ1) is 15.5. The Bertz CT molecular complexity index is 694. The van der Waals surface area contributed by atoms with Crippen molar-refractivity contribution in [1.29, 1.82) is 0 Å². The number of allylic oxidation sites excluding steroid dienone is 2. The average Bonchev–Trinajstić information content (AvgIpc) is 2.94. The molecular weight excluding hydrogens is 288 g/mol. The maximum absolute atomic E-state index is 5.97. The van der Waals surface area contributed by atoms with E-state index in [9.17, 15) is 0 Å². The van der Waals surface area contributed by atoms with Crippen molar-refractivity contribution in [2.45, 2.75) is 38.1 Å². The van der Waals surface area contributed by atoms with Crippen molar-refractivity contribution >= 4 is 17.4 Å². The van der Waals surface area contributed by atoms with Gasteiger partial charge in [0.1, 0.15) is 5.84 Å². The molecule has 1 unspecified atom stereocenters. The summed E-state index contributed by atoms with van der Waals surface area (Å²) in [7, 11) is 1.93. The Hall–Kier alpha value is -2.37. The predicted octanol–water partition coefficient (Wildman–Crippen LogP) is 2.01. The molecule has 1 atom stereocenters. The van der Waals surface area contributed by atoms with Crippen LogP contribution >= 0.6 is 0 Å². The van der Waals surface area contributed by atoms with Crippen LogP contribution in [0, 0.1) is 0 Å². The van der Waals surface area contributed by atoms with Crippen LogP contribution < -0.4 is 11.1 Å². The Morgan fingerprint density at radius 3 is 3.00 bits per heavy atom. The summed E-state index contributed by atoms with van der Waals surface area (Å²) < 4.78 is 1.81. The topological polar surface area (TPSA) is 80.6 Å². The van der Waals surface area contributed by atoms with E-state index in [0.717, 1.165) is 43.6 Å². The summed E-state index contributed by atoms with van der Waals surface area (Å²) in [6.07, 6.45) is 14.2. The van der Waals surface area contributed by atoms with Crippen LogP contribution in [0.5, 0.6) is 0 Å². The fourth-order valence-corrected chi connectivity index (χ4v) is 2.92. The Morgan fingerprint density at radius 1 is 1.48 bits per heavy atom. The van der Waals surface area contributed by atoms with Crippen molar-refractivity contribution in [3.8, 4) is 0 Å². The minimum atomic E-state index is -0.300. The molecular formula is C17H24N6. The van der Waals surface area contributed by atoms with Crippen LogP contribution in [0.15, 0.2) is 40.6 Å². The van der Waals surface area contributed by atoms with Gasteiger partial charge in [0.15, 0.2) is 5.96 Å². The van der Waals surface area contributed by atoms with Gasteiger partial charge in [-0.3, -0.25) is 9.67 Å². The summed E-state index contributed by atoms with van der Waals surface area (Å²) in [6, 6.07) is 0. The monoisotopic (exact) mass is 312 g/mol. The average molecular weight is 312 g/mol. The predicted molar refractivity (Wildman–Crippen MR) is 94.3 cm³/mol. The number of nitrogens with zero attached hydrogens (tertiary/aromatic N) is 4. The highest BCUT2D eigenvalue weighted by molar-refractivity contribution is 6.02. The fourth-order valence-electron chi connectivity index (χ4n) is 2.92. The number of aromatic nitrogens is 2. The SMILES string of the molecule is CCCCN=C1CC2(C=CC(c3cnn(C)c3)=CC2)N=C(N)N1. The summed E-state index contributed by atoms with van der Waals surface area (Å²) >= 11 is 0. The zero-order valence-corrected chi connectivity index (χ0v) is 13.8. The molecule has 3 rings (SSSR count). The van der Waals surface area contributed by atoms with Gasteiger partial charge in [-0.15, -0.1) is 0 Å². The van der Waals surface area contributed by atoms with Gasteiger partial charge in [0.2, 0.25) is 0 Å². The maximum Gasteiger partial charge on any atom is 0.194 e. The van der Waals surface area contributed by atoms with Crippen LogP contribution in [-0.2, 0) is 7.05 Å². The molecule has 0 saturated carbocycles. The molecule has 23 heavy (non-hydrogen) atoms. The number of aryl methyl sites for hydroxylation is 1. The third kappa shape index (κ3) is 3.52. The normalized spacial score (nSPS) is 25.4. The molecule has 1 aromatic rings. The number of guanidine groups is 1. The van der Waals surface area contributed by atoms with E-state index >= 15 is 0 Å². The van der Waals surface area contributed by atoms with E-state index < -0.39 is 0 Å². The highest BCUT2D eigenvalue weighted by atomic mass is 15.2. The van der Waals surface area contributed by atoms with Crippen LogP contribution in [0.25, 0.3) is 5.57 Å². The Morgan fingerprint density at radius 2 is 2.35 bits per heavy atom. The zero-order chi connectivity index (χ0) is 16.3. The van der Waals surface area contributed by atoms with Crippen molar-refractivity contribution in [2.75, 3.05) is 6.54 Å². The number of nitrogens with one attached hydrogen (secondary N) is 1. The molecule has 1 aliphatic carbocycles. The first-order valence-electron chi connectivity index (χ1n) is 8.14. The molecule has 0 saturated heterocycles. The van der Waals surface area contributed by atoms with E-state index in [0.29, 0.717) is 5.96 Å². The number of hydrogen-bond acceptors (Lipinski definition) is 4. The number of hydrogen-bond donors (Lipinski definition) is 2. The molecule has 1 aliphatic heterocycles. The molecule has 0 aromatic carbocycles. The van der Waals surface area contributed by atoms with Gasteiger partial charge in [0, 0.05) is 31.8 Å². The van der Waals surface area contributed by atoms with Gasteiger partial charge in [-0.05, 0) is 18.4 Å². The Labute approximate surface area is 136 Å². The van der Waals surface area contributed by atoms with Crippen LogP contribution in [0.3, 0.4) is 0 Å². The largest absolute Gasteiger partial charge is 0.370 e. The fraction of sp³-hybridized carbons (Fsp3) is 0.471. The van der Waals surface area contributed by atoms with Gasteiger partial charge < -0.3 is 11.1 Å². The van der Waals surface area contributed by atoms with Crippen molar-refractivity contribution in [1.82, 2.24) is 15.1 Å². The number of aliphatic imine (C=N–C) groups is 2.